The first-order chi connectivity index (χ1) is 13.6. The van der Waals surface area contributed by atoms with E-state index in [0.29, 0.717) is 6.54 Å². The summed E-state index contributed by atoms with van der Waals surface area (Å²) >= 11 is 3.42. The molecule has 0 aromatic heterocycles. The summed E-state index contributed by atoms with van der Waals surface area (Å²) in [5, 5.41) is 2.99. The van der Waals surface area contributed by atoms with Crippen LogP contribution in [0.5, 0.6) is 0 Å². The lowest BCUT2D eigenvalue weighted by Gasteiger charge is -2.29. The first-order valence-corrected chi connectivity index (χ1v) is 11.3. The minimum Gasteiger partial charge on any atom is -0.349 e. The van der Waals surface area contributed by atoms with Crippen molar-refractivity contribution in [3.63, 3.8) is 0 Å². The zero-order valence-electron chi connectivity index (χ0n) is 15.3. The van der Waals surface area contributed by atoms with E-state index in [1.165, 1.54) is 12.1 Å². The molecule has 1 atom stereocenters. The Hall–Kier alpha value is -1.99. The van der Waals surface area contributed by atoms with E-state index in [4.69, 9.17) is 0 Å². The largest absolute Gasteiger partial charge is 0.349 e. The number of nitrogens with one attached hydrogen (secondary N) is 1. The molecular formula is C21H21FN2O2S2. The lowest BCUT2D eigenvalue weighted by molar-refractivity contribution is -0.125. The van der Waals surface area contributed by atoms with Crippen molar-refractivity contribution < 1.29 is 14.0 Å². The van der Waals surface area contributed by atoms with Crippen LogP contribution in [-0.2, 0) is 9.59 Å². The van der Waals surface area contributed by atoms with Gasteiger partial charge in [-0.15, -0.1) is 23.5 Å². The third-order valence-electron chi connectivity index (χ3n) is 4.94. The molecule has 4 rings (SSSR count). The van der Waals surface area contributed by atoms with E-state index >= 15 is 0 Å². The van der Waals surface area contributed by atoms with Crippen LogP contribution in [0.15, 0.2) is 52.3 Å². The molecule has 0 saturated heterocycles. The summed E-state index contributed by atoms with van der Waals surface area (Å²) in [6.07, 6.45) is 1.07. The Labute approximate surface area is 172 Å². The first-order valence-electron chi connectivity index (χ1n) is 9.35. The number of benzene rings is 2. The number of amides is 2. The van der Waals surface area contributed by atoms with Crippen LogP contribution >= 0.6 is 23.5 Å². The second-order valence-corrected chi connectivity index (χ2v) is 9.07. The molecule has 0 saturated carbocycles. The highest BCUT2D eigenvalue weighted by Gasteiger charge is 2.25. The highest BCUT2D eigenvalue weighted by molar-refractivity contribution is 7.99. The predicted molar refractivity (Wildman–Crippen MR) is 111 cm³/mol. The molecule has 4 nitrogen and oxygen atoms in total. The maximum Gasteiger partial charge on any atom is 0.227 e. The van der Waals surface area contributed by atoms with Crippen molar-refractivity contribution in [1.29, 1.82) is 0 Å². The van der Waals surface area contributed by atoms with Crippen LogP contribution in [0.25, 0.3) is 0 Å². The van der Waals surface area contributed by atoms with Gasteiger partial charge in [0.1, 0.15) is 5.82 Å². The van der Waals surface area contributed by atoms with Gasteiger partial charge in [0.25, 0.3) is 0 Å². The number of fused-ring (bicyclic) bond motifs is 2. The van der Waals surface area contributed by atoms with Crippen LogP contribution in [0.4, 0.5) is 10.1 Å². The van der Waals surface area contributed by atoms with Crippen molar-refractivity contribution in [2.45, 2.75) is 35.1 Å². The van der Waals surface area contributed by atoms with E-state index in [2.05, 4.69) is 5.32 Å². The second-order valence-electron chi connectivity index (χ2n) is 6.80. The van der Waals surface area contributed by atoms with Gasteiger partial charge in [-0.2, -0.15) is 0 Å². The summed E-state index contributed by atoms with van der Waals surface area (Å²) in [5.74, 6) is 1.24. The monoisotopic (exact) mass is 416 g/mol. The summed E-state index contributed by atoms with van der Waals surface area (Å²) in [5.41, 5.74) is 1.76. The molecule has 2 amide bonds. The standard InChI is InChI=1S/C21H21FN2O2S2/c22-14-5-6-18-15(13-14)16(9-11-27-18)23-20(25)7-8-21(26)24-10-12-28-19-4-2-1-3-17(19)24/h1-6,13,16H,7-12H2,(H,23,25). The number of carbonyl (C=O) groups is 2. The van der Waals surface area contributed by atoms with E-state index in [0.717, 1.165) is 39.0 Å². The van der Waals surface area contributed by atoms with Crippen molar-refractivity contribution in [2.75, 3.05) is 23.0 Å². The topological polar surface area (TPSA) is 49.4 Å². The molecule has 0 radical (unpaired) electrons. The van der Waals surface area contributed by atoms with Gasteiger partial charge in [0.15, 0.2) is 0 Å². The quantitative estimate of drug-likeness (QED) is 0.803. The van der Waals surface area contributed by atoms with E-state index in [-0.39, 0.29) is 36.5 Å². The maximum absolute atomic E-state index is 13.6. The fraction of sp³-hybridized carbons (Fsp3) is 0.333. The van der Waals surface area contributed by atoms with Crippen LogP contribution in [-0.4, -0.2) is 29.9 Å². The number of rotatable bonds is 4. The summed E-state index contributed by atoms with van der Waals surface area (Å²) in [6.45, 7) is 0.661. The van der Waals surface area contributed by atoms with E-state index in [1.54, 1.807) is 34.5 Å². The molecule has 1 N–H and O–H groups in total. The minimum atomic E-state index is -0.294. The number of halogens is 1. The van der Waals surface area contributed by atoms with Crippen LogP contribution in [0.3, 0.4) is 0 Å². The molecule has 1 unspecified atom stereocenters. The summed E-state index contributed by atoms with van der Waals surface area (Å²) in [6, 6.07) is 12.4. The Kier molecular flexibility index (Phi) is 5.92. The van der Waals surface area contributed by atoms with Crippen molar-refractivity contribution in [3.8, 4) is 0 Å². The molecule has 28 heavy (non-hydrogen) atoms. The van der Waals surface area contributed by atoms with Crippen molar-refractivity contribution in [3.05, 3.63) is 53.8 Å². The zero-order valence-corrected chi connectivity index (χ0v) is 17.0. The minimum absolute atomic E-state index is 0.0338. The third kappa shape index (κ3) is 4.20. The lowest BCUT2D eigenvalue weighted by Crippen LogP contribution is -2.37. The van der Waals surface area contributed by atoms with Gasteiger partial charge in [-0.1, -0.05) is 12.1 Å². The van der Waals surface area contributed by atoms with E-state index < -0.39 is 0 Å². The summed E-state index contributed by atoms with van der Waals surface area (Å²) < 4.78 is 13.6. The Bertz CT molecular complexity index is 906. The Morgan fingerprint density at radius 2 is 1.89 bits per heavy atom. The fourth-order valence-corrected chi connectivity index (χ4v) is 5.67. The van der Waals surface area contributed by atoms with Gasteiger partial charge in [0.2, 0.25) is 11.8 Å². The molecule has 2 aromatic rings. The summed E-state index contributed by atoms with van der Waals surface area (Å²) in [4.78, 5) is 29.0. The van der Waals surface area contributed by atoms with Gasteiger partial charge < -0.3 is 10.2 Å². The number of carbonyl (C=O) groups excluding carboxylic acids is 2. The van der Waals surface area contributed by atoms with Gasteiger partial charge in [-0.25, -0.2) is 4.39 Å². The van der Waals surface area contributed by atoms with Crippen LogP contribution in [0.1, 0.15) is 30.9 Å². The smallest absolute Gasteiger partial charge is 0.227 e. The lowest BCUT2D eigenvalue weighted by atomic mass is 10.0. The molecule has 0 spiro atoms. The van der Waals surface area contributed by atoms with Gasteiger partial charge in [-0.05, 0) is 42.3 Å². The number of anilines is 1. The summed E-state index contributed by atoms with van der Waals surface area (Å²) in [7, 11) is 0. The Morgan fingerprint density at radius 1 is 1.07 bits per heavy atom. The molecule has 146 valence electrons. The fourth-order valence-electron chi connectivity index (χ4n) is 3.57. The Balaban J connectivity index is 1.36. The Morgan fingerprint density at radius 3 is 2.79 bits per heavy atom. The number of nitrogens with zero attached hydrogens (tertiary/aromatic N) is 1. The number of thioether (sulfide) groups is 2. The average molecular weight is 417 g/mol. The molecule has 2 aromatic carbocycles. The highest BCUT2D eigenvalue weighted by Crippen LogP contribution is 2.37. The zero-order chi connectivity index (χ0) is 19.5. The third-order valence-corrected chi connectivity index (χ3v) is 7.11. The molecular weight excluding hydrogens is 395 g/mol. The molecule has 2 aliphatic heterocycles. The molecule has 0 bridgehead atoms. The normalized spacial score (nSPS) is 18.2. The number of para-hydroxylation sites is 1. The predicted octanol–water partition coefficient (Wildman–Crippen LogP) is 4.40. The van der Waals surface area contributed by atoms with Crippen LogP contribution in [0.2, 0.25) is 0 Å². The average Bonchev–Trinajstić information content (AvgIpc) is 2.72. The van der Waals surface area contributed by atoms with Crippen molar-refractivity contribution in [2.24, 2.45) is 0 Å². The van der Waals surface area contributed by atoms with Gasteiger partial charge >= 0.3 is 0 Å². The van der Waals surface area contributed by atoms with Crippen molar-refractivity contribution in [1.82, 2.24) is 5.32 Å². The maximum atomic E-state index is 13.6. The van der Waals surface area contributed by atoms with Crippen LogP contribution in [0, 0.1) is 5.82 Å². The molecule has 0 aliphatic carbocycles. The van der Waals surface area contributed by atoms with E-state index in [1.807, 2.05) is 24.3 Å². The molecule has 2 aliphatic rings. The van der Waals surface area contributed by atoms with Crippen LogP contribution < -0.4 is 10.2 Å². The van der Waals surface area contributed by atoms with Gasteiger partial charge in [0.05, 0.1) is 11.7 Å². The molecule has 2 heterocycles. The number of hydrogen-bond acceptors (Lipinski definition) is 4. The second kappa shape index (κ2) is 8.57. The van der Waals surface area contributed by atoms with E-state index in [9.17, 15) is 14.0 Å². The van der Waals surface area contributed by atoms with Gasteiger partial charge in [0, 0.05) is 40.7 Å². The van der Waals surface area contributed by atoms with Gasteiger partial charge in [-0.3, -0.25) is 9.59 Å². The highest BCUT2D eigenvalue weighted by atomic mass is 32.2. The molecule has 0 fully saturated rings. The molecule has 7 heteroatoms. The van der Waals surface area contributed by atoms with Crippen molar-refractivity contribution >= 4 is 41.0 Å². The number of hydrogen-bond donors (Lipinski definition) is 1. The SMILES string of the molecule is O=C(CCC(=O)N1CCSc2ccccc21)NC1CCSc2ccc(F)cc21. The first kappa shape index (κ1) is 19.3.